The minimum atomic E-state index is 0.00720. The van der Waals surface area contributed by atoms with Crippen molar-refractivity contribution in [3.05, 3.63) is 0 Å². The first-order chi connectivity index (χ1) is 2.64. The molecule has 0 fully saturated rings. The molecule has 0 atom stereocenters. The van der Waals surface area contributed by atoms with Gasteiger partial charge in [-0.05, 0) is 1.34 Å². The Morgan fingerprint density at radius 2 is 2.00 bits per heavy atom. The lowest BCUT2D eigenvalue weighted by molar-refractivity contribution is 2.24. The third-order valence-electron chi connectivity index (χ3n) is 0.516. The highest BCUT2D eigenvalue weighted by Gasteiger charge is 1.81. The molecule has 0 unspecified atom stereocenters. The van der Waals surface area contributed by atoms with Crippen LogP contribution in [0.25, 0.3) is 0 Å². The van der Waals surface area contributed by atoms with Crippen LogP contribution in [0, 0.1) is 0 Å². The van der Waals surface area contributed by atoms with Gasteiger partial charge in [-0.15, -0.1) is 0 Å². The van der Waals surface area contributed by atoms with E-state index >= 15 is 0 Å². The zero-order valence-electron chi connectivity index (χ0n) is 5.02. The first-order valence-electron chi connectivity index (χ1n) is 2.31. The normalized spacial score (nSPS) is 11.6. The van der Waals surface area contributed by atoms with Crippen molar-refractivity contribution in [2.45, 2.75) is 6.82 Å². The molecule has 0 N–H and O–H groups in total. The second-order valence-corrected chi connectivity index (χ2v) is 3.67. The van der Waals surface area contributed by atoms with Gasteiger partial charge in [0.1, 0.15) is 6.96 Å². The third-order valence-corrected chi connectivity index (χ3v) is 1.55. The van der Waals surface area contributed by atoms with Gasteiger partial charge in [0.05, 0.1) is 0 Å². The van der Waals surface area contributed by atoms with Gasteiger partial charge in [0.2, 0.25) is 0 Å². The first kappa shape index (κ1) is 3.68. The standard InChI is InChI=1S/C3H10BP/c1-4-5(2)3/h4H,1-3H3/i4D. The molecule has 0 aromatic heterocycles. The summed E-state index contributed by atoms with van der Waals surface area (Å²) in [7, 11) is 0.00720. The van der Waals surface area contributed by atoms with E-state index in [4.69, 9.17) is 1.34 Å². The van der Waals surface area contributed by atoms with Crippen LogP contribution >= 0.6 is 7.80 Å². The monoisotopic (exact) mass is 89.1 g/mol. The Balaban J connectivity index is 2.99. The predicted octanol–water partition coefficient (Wildman–Crippen LogP) is 1.13. The van der Waals surface area contributed by atoms with Gasteiger partial charge in [-0.1, -0.05) is 20.2 Å². The second kappa shape index (κ2) is 2.72. The minimum Gasteiger partial charge on any atom is -0.151 e. The molecule has 0 saturated carbocycles. The van der Waals surface area contributed by atoms with Gasteiger partial charge < -0.3 is 0 Å². The average Bonchev–Trinajstić information content (AvgIpc) is 1.36. The summed E-state index contributed by atoms with van der Waals surface area (Å²) in [6, 6.07) is 0. The van der Waals surface area contributed by atoms with Crippen LogP contribution in [0.15, 0.2) is 0 Å². The zero-order valence-corrected chi connectivity index (χ0v) is 4.92. The van der Waals surface area contributed by atoms with E-state index in [1.807, 2.05) is 6.82 Å². The van der Waals surface area contributed by atoms with E-state index < -0.39 is 0 Å². The van der Waals surface area contributed by atoms with Gasteiger partial charge in [-0.2, -0.15) is 7.80 Å². The van der Waals surface area contributed by atoms with Gasteiger partial charge >= 0.3 is 0 Å². The fraction of sp³-hybridized carbons (Fsp3) is 1.00. The lowest BCUT2D eigenvalue weighted by Crippen LogP contribution is -1.71. The summed E-state index contributed by atoms with van der Waals surface area (Å²) < 4.78 is 7.06. The largest absolute Gasteiger partial charge is 0.151 e. The maximum atomic E-state index is 7.06. The van der Waals surface area contributed by atoms with Crippen molar-refractivity contribution in [1.29, 1.82) is 1.34 Å². The molecule has 0 aliphatic rings. The summed E-state index contributed by atoms with van der Waals surface area (Å²) >= 11 is 0. The van der Waals surface area contributed by atoms with Crippen molar-refractivity contribution >= 4 is 14.8 Å². The average molecular weight is 88.9 g/mol. The molecule has 0 spiro atoms. The van der Waals surface area contributed by atoms with Crippen molar-refractivity contribution in [2.75, 3.05) is 13.3 Å². The lowest BCUT2D eigenvalue weighted by atomic mass is 10.2. The summed E-state index contributed by atoms with van der Waals surface area (Å²) in [5, 5.41) is 0. The second-order valence-electron chi connectivity index (χ2n) is 1.22. The fourth-order valence-electron chi connectivity index (χ4n) is 0. The van der Waals surface area contributed by atoms with Crippen molar-refractivity contribution < 1.29 is 0 Å². The molecule has 30 valence electrons. The van der Waals surface area contributed by atoms with Gasteiger partial charge in [-0.25, -0.2) is 0 Å². The van der Waals surface area contributed by atoms with Crippen LogP contribution in [0.5, 0.6) is 0 Å². The molecule has 0 rings (SSSR count). The molecule has 0 aromatic rings. The van der Waals surface area contributed by atoms with Gasteiger partial charge in [0.15, 0.2) is 0 Å². The molecule has 0 bridgehead atoms. The SMILES string of the molecule is [2H]B(C)P(C)C. The molecule has 0 heterocycles. The number of hydrogen-bond donors (Lipinski definition) is 0. The fourth-order valence-corrected chi connectivity index (χ4v) is 0. The molecular weight excluding hydrogens is 77.8 g/mol. The Bertz CT molecular complexity index is 31.8. The molecule has 0 nitrogen and oxygen atoms in total. The van der Waals surface area contributed by atoms with E-state index in [0.717, 1.165) is 0 Å². The topological polar surface area (TPSA) is 0 Å². The Labute approximate surface area is 37.3 Å². The maximum absolute atomic E-state index is 7.06. The summed E-state index contributed by atoms with van der Waals surface area (Å²) in [6.45, 7) is 6.34. The molecule has 0 saturated heterocycles. The van der Waals surface area contributed by atoms with Crippen LogP contribution in [-0.2, 0) is 0 Å². The minimum absolute atomic E-state index is 0.00720. The molecule has 0 radical (unpaired) electrons. The first-order valence-corrected chi connectivity index (χ1v) is 4.04. The van der Waals surface area contributed by atoms with Crippen LogP contribution in [0.4, 0.5) is 0 Å². The summed E-state index contributed by atoms with van der Waals surface area (Å²) in [4.78, 5) is 0. The van der Waals surface area contributed by atoms with Crippen LogP contribution in [0.2, 0.25) is 6.82 Å². The van der Waals surface area contributed by atoms with Crippen LogP contribution in [0.1, 0.15) is 0 Å². The van der Waals surface area contributed by atoms with Crippen LogP contribution < -0.4 is 0 Å². The predicted molar refractivity (Wildman–Crippen MR) is 31.8 cm³/mol. The number of rotatable bonds is 1. The lowest BCUT2D eigenvalue weighted by Gasteiger charge is -1.90. The van der Waals surface area contributed by atoms with E-state index in [-0.39, 0.29) is 14.8 Å². The van der Waals surface area contributed by atoms with Gasteiger partial charge in [0, 0.05) is 0 Å². The van der Waals surface area contributed by atoms with Crippen LogP contribution in [-0.4, -0.2) is 21.6 Å². The third kappa shape index (κ3) is 4.49. The molecular formula is C3H10BP. The molecule has 0 aliphatic carbocycles. The molecule has 5 heavy (non-hydrogen) atoms. The Hall–Kier alpha value is 0.495. The van der Waals surface area contributed by atoms with E-state index in [0.29, 0.717) is 0 Å². The Morgan fingerprint density at radius 1 is 1.80 bits per heavy atom. The maximum Gasteiger partial charge on any atom is 0.148 e. The zero-order chi connectivity index (χ0) is 5.15. The Morgan fingerprint density at radius 3 is 2.00 bits per heavy atom. The van der Waals surface area contributed by atoms with Crippen molar-refractivity contribution in [1.82, 2.24) is 0 Å². The van der Waals surface area contributed by atoms with Crippen molar-refractivity contribution in [3.8, 4) is 0 Å². The van der Waals surface area contributed by atoms with E-state index in [2.05, 4.69) is 13.3 Å². The quantitative estimate of drug-likeness (QED) is 0.333. The summed E-state index contributed by atoms with van der Waals surface area (Å²) in [6.07, 6.45) is 0. The molecule has 0 aromatic carbocycles. The summed E-state index contributed by atoms with van der Waals surface area (Å²) in [5.74, 6) is 0. The van der Waals surface area contributed by atoms with E-state index in [1.54, 1.807) is 0 Å². The highest BCUT2D eigenvalue weighted by molar-refractivity contribution is 7.84. The smallest absolute Gasteiger partial charge is 0.148 e. The molecule has 2 heteroatoms. The van der Waals surface area contributed by atoms with E-state index in [9.17, 15) is 0 Å². The van der Waals surface area contributed by atoms with Crippen LogP contribution in [0.3, 0.4) is 0 Å². The van der Waals surface area contributed by atoms with E-state index in [1.165, 1.54) is 0 Å². The number of hydrogen-bond acceptors (Lipinski definition) is 0. The molecule has 0 aliphatic heterocycles. The van der Waals surface area contributed by atoms with Gasteiger partial charge in [-0.3, -0.25) is 0 Å². The molecule has 0 amide bonds. The highest BCUT2D eigenvalue weighted by Crippen LogP contribution is 2.19. The van der Waals surface area contributed by atoms with Crippen molar-refractivity contribution in [3.63, 3.8) is 0 Å². The Kier molecular flexibility index (Phi) is 2.00. The highest BCUT2D eigenvalue weighted by atomic mass is 31.1. The summed E-state index contributed by atoms with van der Waals surface area (Å²) in [5.41, 5.74) is 0. The van der Waals surface area contributed by atoms with Crippen molar-refractivity contribution in [2.24, 2.45) is 0 Å². The van der Waals surface area contributed by atoms with Gasteiger partial charge in [0.25, 0.3) is 0 Å².